The molecule has 1 unspecified atom stereocenters. The van der Waals surface area contributed by atoms with E-state index >= 15 is 0 Å². The summed E-state index contributed by atoms with van der Waals surface area (Å²) in [6, 6.07) is 2.08. The number of rotatable bonds is 5. The van der Waals surface area contributed by atoms with Gasteiger partial charge in [0, 0.05) is 13.1 Å². The average molecular weight is 374 g/mol. The number of ether oxygens (including phenoxy) is 1. The molecule has 1 saturated heterocycles. The van der Waals surface area contributed by atoms with Crippen molar-refractivity contribution in [2.45, 2.75) is 6.10 Å². The second-order valence-corrected chi connectivity index (χ2v) is 7.11. The van der Waals surface area contributed by atoms with Gasteiger partial charge in [0.1, 0.15) is 29.1 Å². The van der Waals surface area contributed by atoms with E-state index in [1.807, 2.05) is 0 Å². The molecule has 0 spiro atoms. The molecule has 0 amide bonds. The number of morpholine rings is 1. The van der Waals surface area contributed by atoms with Crippen LogP contribution in [0.2, 0.25) is 0 Å². The minimum absolute atomic E-state index is 0.0219. The van der Waals surface area contributed by atoms with Crippen molar-refractivity contribution in [2.75, 3.05) is 37.5 Å². The zero-order valence-electron chi connectivity index (χ0n) is 13.3. The van der Waals surface area contributed by atoms with Gasteiger partial charge in [-0.05, 0) is 17.7 Å². The molecule has 1 atom stereocenters. The smallest absolute Gasteiger partial charge is 0.265 e. The third-order valence-corrected chi connectivity index (χ3v) is 4.18. The molecule has 1 N–H and O–H groups in total. The molecule has 1 aliphatic rings. The Morgan fingerprint density at radius 1 is 1.28 bits per heavy atom. The Labute approximate surface area is 142 Å². The zero-order valence-corrected chi connectivity index (χ0v) is 14.1. The molecule has 1 fully saturated rings. The minimum atomic E-state index is -3.91. The summed E-state index contributed by atoms with van der Waals surface area (Å²) in [4.78, 5) is 1.54. The van der Waals surface area contributed by atoms with Crippen molar-refractivity contribution >= 4 is 15.8 Å². The highest BCUT2D eigenvalue weighted by molar-refractivity contribution is 7.86. The molecule has 2 aromatic rings. The summed E-state index contributed by atoms with van der Waals surface area (Å²) in [6.45, 7) is 1.47. The lowest BCUT2D eigenvalue weighted by Crippen LogP contribution is -2.37. The van der Waals surface area contributed by atoms with Gasteiger partial charge in [-0.25, -0.2) is 8.78 Å². The summed E-state index contributed by atoms with van der Waals surface area (Å²) in [6.07, 6.45) is 0.757. The second kappa shape index (κ2) is 7.02. The molecular weight excluding hydrogens is 358 g/mol. The molecule has 0 aliphatic carbocycles. The lowest BCUT2D eigenvalue weighted by Gasteiger charge is -2.29. The van der Waals surface area contributed by atoms with Crippen molar-refractivity contribution in [3.63, 3.8) is 0 Å². The van der Waals surface area contributed by atoms with Crippen LogP contribution in [0.4, 0.5) is 14.5 Å². The van der Waals surface area contributed by atoms with Crippen LogP contribution >= 0.6 is 0 Å². The number of hydrogen-bond acceptors (Lipinski definition) is 7. The summed E-state index contributed by atoms with van der Waals surface area (Å²) in [5.74, 6) is -1.63. The fourth-order valence-electron chi connectivity index (χ4n) is 2.61. The standard InChI is InChI=1S/C14H16F2N4O4S/c1-25(21,22)24-14(12-8-17-19-18-12)9-6-10(15)13(11(16)7-9)20-2-4-23-5-3-20/h6-8,14H,2-5H2,1H3,(H,17,18,19). The molecule has 1 aromatic heterocycles. The fourth-order valence-corrected chi connectivity index (χ4v) is 3.17. The third-order valence-electron chi connectivity index (χ3n) is 3.64. The maximum absolute atomic E-state index is 14.6. The number of anilines is 1. The Balaban J connectivity index is 2.00. The Morgan fingerprint density at radius 2 is 1.92 bits per heavy atom. The Bertz CT molecular complexity index is 816. The molecule has 0 radical (unpaired) electrons. The predicted octanol–water partition coefficient (Wildman–Crippen LogP) is 0.985. The second-order valence-electron chi connectivity index (χ2n) is 5.51. The van der Waals surface area contributed by atoms with Crippen molar-refractivity contribution in [3.05, 3.63) is 41.2 Å². The zero-order chi connectivity index (χ0) is 18.0. The topological polar surface area (TPSA) is 97.4 Å². The van der Waals surface area contributed by atoms with Crippen molar-refractivity contribution in [1.29, 1.82) is 0 Å². The van der Waals surface area contributed by atoms with Gasteiger partial charge in [-0.2, -0.15) is 23.8 Å². The van der Waals surface area contributed by atoms with Gasteiger partial charge in [0.2, 0.25) is 0 Å². The monoisotopic (exact) mass is 374 g/mol. The normalized spacial score (nSPS) is 16.8. The maximum atomic E-state index is 14.6. The molecule has 8 nitrogen and oxygen atoms in total. The van der Waals surface area contributed by atoms with E-state index in [0.717, 1.165) is 18.4 Å². The van der Waals surface area contributed by atoms with Crippen molar-refractivity contribution < 1.29 is 26.1 Å². The number of aromatic amines is 1. The van der Waals surface area contributed by atoms with Crippen molar-refractivity contribution in [1.82, 2.24) is 15.4 Å². The quantitative estimate of drug-likeness (QED) is 0.779. The first-order valence-electron chi connectivity index (χ1n) is 7.41. The Hall–Kier alpha value is -2.11. The molecule has 1 aromatic carbocycles. The Morgan fingerprint density at radius 3 is 2.44 bits per heavy atom. The molecule has 0 saturated carbocycles. The van der Waals surface area contributed by atoms with Crippen LogP contribution in [0.25, 0.3) is 0 Å². The van der Waals surface area contributed by atoms with E-state index in [4.69, 9.17) is 8.92 Å². The van der Waals surface area contributed by atoms with Crippen molar-refractivity contribution in [2.24, 2.45) is 0 Å². The first-order chi connectivity index (χ1) is 11.8. The number of benzene rings is 1. The van der Waals surface area contributed by atoms with E-state index < -0.39 is 27.9 Å². The van der Waals surface area contributed by atoms with Gasteiger partial charge < -0.3 is 9.64 Å². The number of hydrogen-bond donors (Lipinski definition) is 1. The van der Waals surface area contributed by atoms with Crippen LogP contribution in [-0.4, -0.2) is 56.4 Å². The predicted molar refractivity (Wildman–Crippen MR) is 83.5 cm³/mol. The lowest BCUT2D eigenvalue weighted by atomic mass is 10.1. The Kier molecular flexibility index (Phi) is 4.97. The average Bonchev–Trinajstić information content (AvgIpc) is 3.06. The summed E-state index contributed by atoms with van der Waals surface area (Å²) in [7, 11) is -3.91. The number of aromatic nitrogens is 3. The van der Waals surface area contributed by atoms with Gasteiger partial charge in [-0.3, -0.25) is 4.18 Å². The van der Waals surface area contributed by atoms with Gasteiger partial charge in [0.25, 0.3) is 10.1 Å². The largest absolute Gasteiger partial charge is 0.378 e. The van der Waals surface area contributed by atoms with Gasteiger partial charge >= 0.3 is 0 Å². The maximum Gasteiger partial charge on any atom is 0.265 e. The summed E-state index contributed by atoms with van der Waals surface area (Å²) >= 11 is 0. The van der Waals surface area contributed by atoms with E-state index in [0.29, 0.717) is 26.3 Å². The van der Waals surface area contributed by atoms with Crippen LogP contribution in [0.3, 0.4) is 0 Å². The molecule has 3 rings (SSSR count). The van der Waals surface area contributed by atoms with E-state index in [1.165, 1.54) is 6.20 Å². The van der Waals surface area contributed by atoms with Crippen LogP contribution in [0.5, 0.6) is 0 Å². The number of halogens is 2. The molecule has 0 bridgehead atoms. The molecule has 136 valence electrons. The SMILES string of the molecule is CS(=O)(=O)OC(c1cc(F)c(N2CCOCC2)c(F)c1)c1cn[nH]n1. The molecule has 2 heterocycles. The summed E-state index contributed by atoms with van der Waals surface area (Å²) in [5.41, 5.74) is -0.111. The summed E-state index contributed by atoms with van der Waals surface area (Å²) < 4.78 is 62.2. The third kappa shape index (κ3) is 4.11. The molecular formula is C14H16F2N4O4S. The van der Waals surface area contributed by atoms with Crippen LogP contribution in [0.15, 0.2) is 18.3 Å². The van der Waals surface area contributed by atoms with Crippen LogP contribution in [-0.2, 0) is 19.0 Å². The van der Waals surface area contributed by atoms with Gasteiger partial charge in [0.15, 0.2) is 0 Å². The highest BCUT2D eigenvalue weighted by atomic mass is 32.2. The number of nitrogens with one attached hydrogen (secondary N) is 1. The highest BCUT2D eigenvalue weighted by Gasteiger charge is 2.27. The fraction of sp³-hybridized carbons (Fsp3) is 0.429. The van der Waals surface area contributed by atoms with Crippen molar-refractivity contribution in [3.8, 4) is 0 Å². The van der Waals surface area contributed by atoms with Gasteiger partial charge in [-0.1, -0.05) is 0 Å². The summed E-state index contributed by atoms with van der Waals surface area (Å²) in [5, 5.41) is 9.64. The van der Waals surface area contributed by atoms with E-state index in [1.54, 1.807) is 4.90 Å². The molecule has 25 heavy (non-hydrogen) atoms. The highest BCUT2D eigenvalue weighted by Crippen LogP contribution is 2.32. The number of H-pyrrole nitrogens is 1. The minimum Gasteiger partial charge on any atom is -0.378 e. The van der Waals surface area contributed by atoms with E-state index in [9.17, 15) is 17.2 Å². The lowest BCUT2D eigenvalue weighted by molar-refractivity contribution is 0.122. The first kappa shape index (κ1) is 17.7. The van der Waals surface area contributed by atoms with Crippen LogP contribution < -0.4 is 4.90 Å². The van der Waals surface area contributed by atoms with Crippen LogP contribution in [0.1, 0.15) is 17.4 Å². The van der Waals surface area contributed by atoms with Gasteiger partial charge in [-0.15, -0.1) is 0 Å². The van der Waals surface area contributed by atoms with E-state index in [-0.39, 0.29) is 16.9 Å². The van der Waals surface area contributed by atoms with Gasteiger partial charge in [0.05, 0.1) is 25.7 Å². The van der Waals surface area contributed by atoms with E-state index in [2.05, 4.69) is 15.4 Å². The molecule has 1 aliphatic heterocycles. The van der Waals surface area contributed by atoms with Crippen LogP contribution in [0, 0.1) is 11.6 Å². The first-order valence-corrected chi connectivity index (χ1v) is 9.22. The number of nitrogens with zero attached hydrogens (tertiary/aromatic N) is 3. The molecule has 11 heteroatoms.